The number of rotatable bonds is 4. The van der Waals surface area contributed by atoms with E-state index in [4.69, 9.17) is 0 Å². The molecule has 3 aromatic rings. The van der Waals surface area contributed by atoms with Gasteiger partial charge in [0.1, 0.15) is 0 Å². The van der Waals surface area contributed by atoms with Gasteiger partial charge in [-0.15, -0.1) is 12.4 Å². The Kier molecular flexibility index (Phi) is 5.97. The third-order valence-electron chi connectivity index (χ3n) is 7.12. The van der Waals surface area contributed by atoms with Crippen LogP contribution in [0.4, 0.5) is 5.69 Å². The highest BCUT2D eigenvalue weighted by Gasteiger charge is 2.39. The maximum atomic E-state index is 13.6. The number of fused-ring (bicyclic) bond motifs is 3. The van der Waals surface area contributed by atoms with Gasteiger partial charge in [-0.3, -0.25) is 14.9 Å². The zero-order chi connectivity index (χ0) is 21.7. The van der Waals surface area contributed by atoms with Gasteiger partial charge in [-0.25, -0.2) is 0 Å². The average Bonchev–Trinajstić information content (AvgIpc) is 3.15. The Balaban J connectivity index is 0.00000245. The summed E-state index contributed by atoms with van der Waals surface area (Å²) in [4.78, 5) is 26.7. The van der Waals surface area contributed by atoms with Crippen molar-refractivity contribution >= 4 is 34.9 Å². The van der Waals surface area contributed by atoms with Crippen molar-refractivity contribution in [1.29, 1.82) is 0 Å². The van der Waals surface area contributed by atoms with Crippen LogP contribution in [-0.4, -0.2) is 45.5 Å². The summed E-state index contributed by atoms with van der Waals surface area (Å²) >= 11 is 0. The first kappa shape index (κ1) is 22.3. The van der Waals surface area contributed by atoms with Crippen molar-refractivity contribution in [2.45, 2.75) is 43.8 Å². The predicted octanol–water partition coefficient (Wildman–Crippen LogP) is 4.53. The molecule has 0 spiro atoms. The molecule has 2 aliphatic rings. The maximum absolute atomic E-state index is 13.6. The Labute approximate surface area is 193 Å². The number of para-hydroxylation sites is 1. The Hall–Kier alpha value is -2.90. The lowest BCUT2D eigenvalue weighted by Crippen LogP contribution is -2.48. The molecule has 2 bridgehead atoms. The van der Waals surface area contributed by atoms with E-state index in [1.54, 1.807) is 12.1 Å². The number of aromatic nitrogens is 1. The molecule has 0 saturated carbocycles. The van der Waals surface area contributed by atoms with Crippen molar-refractivity contribution in [3.8, 4) is 11.3 Å². The van der Waals surface area contributed by atoms with E-state index in [9.17, 15) is 14.9 Å². The Morgan fingerprint density at radius 2 is 1.66 bits per heavy atom. The van der Waals surface area contributed by atoms with Gasteiger partial charge >= 0.3 is 0 Å². The average molecular weight is 455 g/mol. The van der Waals surface area contributed by atoms with Crippen LogP contribution in [0.15, 0.2) is 48.5 Å². The number of aryl methyl sites for hydroxylation is 1. The molecule has 1 aromatic heterocycles. The lowest BCUT2D eigenvalue weighted by Gasteiger charge is -2.36. The highest BCUT2D eigenvalue weighted by atomic mass is 35.5. The number of nitro groups is 1. The van der Waals surface area contributed by atoms with Crippen molar-refractivity contribution < 1.29 is 9.72 Å². The molecule has 2 atom stereocenters. The third-order valence-corrected chi connectivity index (χ3v) is 7.12. The van der Waals surface area contributed by atoms with Gasteiger partial charge in [0.2, 0.25) is 0 Å². The minimum absolute atomic E-state index is 0. The quantitative estimate of drug-likeness (QED) is 0.464. The van der Waals surface area contributed by atoms with Crippen molar-refractivity contribution in [2.24, 2.45) is 7.05 Å². The Morgan fingerprint density at radius 1 is 1.03 bits per heavy atom. The van der Waals surface area contributed by atoms with Crippen molar-refractivity contribution in [2.75, 3.05) is 7.05 Å². The van der Waals surface area contributed by atoms with Gasteiger partial charge in [-0.2, -0.15) is 0 Å². The van der Waals surface area contributed by atoms with E-state index >= 15 is 0 Å². The fourth-order valence-corrected chi connectivity index (χ4v) is 5.49. The Morgan fingerprint density at radius 3 is 2.28 bits per heavy atom. The van der Waals surface area contributed by atoms with Crippen molar-refractivity contribution in [1.82, 2.24) is 14.8 Å². The van der Waals surface area contributed by atoms with Crippen LogP contribution >= 0.6 is 12.4 Å². The number of carbonyl (C=O) groups excluding carboxylic acids is 1. The number of non-ortho nitro benzene ring substituents is 1. The van der Waals surface area contributed by atoms with E-state index in [2.05, 4.69) is 17.3 Å². The Bertz CT molecular complexity index is 1160. The molecule has 2 saturated heterocycles. The van der Waals surface area contributed by atoms with Gasteiger partial charge in [-0.1, -0.05) is 18.2 Å². The van der Waals surface area contributed by atoms with Gasteiger partial charge in [0.25, 0.3) is 11.6 Å². The summed E-state index contributed by atoms with van der Waals surface area (Å²) < 4.78 is 2.00. The topological polar surface area (TPSA) is 80.4 Å². The molecule has 168 valence electrons. The molecule has 1 N–H and O–H groups in total. The SMILES string of the molecule is CN1C2CCC1CC(NC(=O)c1c(-c3ccc([N+](=O)[O-])cc3)n(C)c3ccccc13)C2.Cl. The molecule has 8 heteroatoms. The van der Waals surface area contributed by atoms with Gasteiger partial charge in [-0.05, 0) is 56.5 Å². The number of hydrogen-bond donors (Lipinski definition) is 1. The van der Waals surface area contributed by atoms with E-state index in [1.807, 2.05) is 35.9 Å². The molecule has 2 fully saturated rings. The lowest BCUT2D eigenvalue weighted by atomic mass is 9.97. The number of nitro benzene ring substituents is 1. The predicted molar refractivity (Wildman–Crippen MR) is 127 cm³/mol. The minimum Gasteiger partial charge on any atom is -0.349 e. The fourth-order valence-electron chi connectivity index (χ4n) is 5.49. The van der Waals surface area contributed by atoms with Gasteiger partial charge in [0.05, 0.1) is 16.2 Å². The van der Waals surface area contributed by atoms with E-state index in [1.165, 1.54) is 25.0 Å². The summed E-state index contributed by atoms with van der Waals surface area (Å²) in [6.07, 6.45) is 4.37. The second kappa shape index (κ2) is 8.56. The van der Waals surface area contributed by atoms with E-state index in [0.29, 0.717) is 17.6 Å². The van der Waals surface area contributed by atoms with E-state index in [-0.39, 0.29) is 30.0 Å². The van der Waals surface area contributed by atoms with Crippen molar-refractivity contribution in [3.05, 3.63) is 64.2 Å². The molecule has 2 unspecified atom stereocenters. The van der Waals surface area contributed by atoms with Crippen LogP contribution in [0, 0.1) is 10.1 Å². The zero-order valence-electron chi connectivity index (χ0n) is 18.2. The number of nitrogens with one attached hydrogen (secondary N) is 1. The van der Waals surface area contributed by atoms with Crippen LogP contribution in [-0.2, 0) is 7.05 Å². The maximum Gasteiger partial charge on any atom is 0.269 e. The molecule has 1 amide bonds. The normalized spacial score (nSPS) is 22.5. The first-order valence-electron chi connectivity index (χ1n) is 10.8. The molecule has 7 nitrogen and oxygen atoms in total. The molecule has 5 rings (SSSR count). The number of benzene rings is 2. The molecule has 2 aromatic carbocycles. The minimum atomic E-state index is -0.409. The number of nitrogens with zero attached hydrogens (tertiary/aromatic N) is 3. The van der Waals surface area contributed by atoms with Crippen LogP contribution in [0.3, 0.4) is 0 Å². The second-order valence-corrected chi connectivity index (χ2v) is 8.80. The lowest BCUT2D eigenvalue weighted by molar-refractivity contribution is -0.384. The molecular formula is C24H27ClN4O3. The monoisotopic (exact) mass is 454 g/mol. The fraction of sp³-hybridized carbons (Fsp3) is 0.375. The molecule has 2 aliphatic heterocycles. The zero-order valence-corrected chi connectivity index (χ0v) is 19.0. The number of carbonyl (C=O) groups is 1. The third kappa shape index (κ3) is 3.65. The van der Waals surface area contributed by atoms with E-state index in [0.717, 1.165) is 35.0 Å². The number of hydrogen-bond acceptors (Lipinski definition) is 4. The summed E-state index contributed by atoms with van der Waals surface area (Å²) in [6.45, 7) is 0. The van der Waals surface area contributed by atoms with Crippen LogP contribution in [0.1, 0.15) is 36.0 Å². The van der Waals surface area contributed by atoms with Crippen molar-refractivity contribution in [3.63, 3.8) is 0 Å². The van der Waals surface area contributed by atoms with E-state index < -0.39 is 4.92 Å². The molecule has 32 heavy (non-hydrogen) atoms. The summed E-state index contributed by atoms with van der Waals surface area (Å²) in [5.41, 5.74) is 3.21. The first-order valence-corrected chi connectivity index (χ1v) is 10.8. The number of amides is 1. The number of piperidine rings is 1. The smallest absolute Gasteiger partial charge is 0.269 e. The largest absolute Gasteiger partial charge is 0.349 e. The van der Waals surface area contributed by atoms with Gasteiger partial charge in [0, 0.05) is 48.2 Å². The summed E-state index contributed by atoms with van der Waals surface area (Å²) in [7, 11) is 4.13. The van der Waals surface area contributed by atoms with Crippen LogP contribution in [0.25, 0.3) is 22.2 Å². The highest BCUT2D eigenvalue weighted by Crippen LogP contribution is 2.36. The van der Waals surface area contributed by atoms with Crippen LogP contribution in [0.5, 0.6) is 0 Å². The highest BCUT2D eigenvalue weighted by molar-refractivity contribution is 6.12. The number of halogens is 1. The van der Waals surface area contributed by atoms with Crippen LogP contribution in [0.2, 0.25) is 0 Å². The van der Waals surface area contributed by atoms with Gasteiger partial charge < -0.3 is 14.8 Å². The summed E-state index contributed by atoms with van der Waals surface area (Å²) in [5.74, 6) is -0.0703. The van der Waals surface area contributed by atoms with Crippen LogP contribution < -0.4 is 5.32 Å². The molecule has 0 aliphatic carbocycles. The van der Waals surface area contributed by atoms with Gasteiger partial charge in [0.15, 0.2) is 0 Å². The molecule has 0 radical (unpaired) electrons. The summed E-state index contributed by atoms with van der Waals surface area (Å²) in [6, 6.07) is 15.5. The molecule has 3 heterocycles. The first-order chi connectivity index (χ1) is 14.9. The standard InChI is InChI=1S/C24H26N4O3.ClH/c1-26-18-11-12-19(26)14-16(13-18)25-24(29)22-20-5-3-4-6-21(20)27(2)23(22)15-7-9-17(10-8-15)28(30)31;/h3-10,16,18-19H,11-14H2,1-2H3,(H,25,29);1H. The second-order valence-electron chi connectivity index (χ2n) is 8.80. The molecular weight excluding hydrogens is 428 g/mol. The summed E-state index contributed by atoms with van der Waals surface area (Å²) in [5, 5.41) is 15.3.